The Hall–Kier alpha value is -3.24. The number of hydrogen-bond donors (Lipinski definition) is 6. The molecule has 1 fully saturated rings. The lowest BCUT2D eigenvalue weighted by atomic mass is 9.59. The molecule has 176 valence electrons. The van der Waals surface area contributed by atoms with Crippen molar-refractivity contribution in [2.45, 2.75) is 44.4 Å². The van der Waals surface area contributed by atoms with Crippen LogP contribution in [0.5, 0.6) is 5.75 Å². The van der Waals surface area contributed by atoms with Gasteiger partial charge in [0.15, 0.2) is 11.4 Å². The molecule has 10 heteroatoms. The molecule has 33 heavy (non-hydrogen) atoms. The minimum absolute atomic E-state index is 0.0225. The molecule has 1 aromatic carbocycles. The normalized spacial score (nSPS) is 27.7. The maximum Gasteiger partial charge on any atom is 0.255 e. The zero-order valence-electron chi connectivity index (χ0n) is 17.9. The number of carbonyl (C=O) groups excluding carboxylic acids is 3. The van der Waals surface area contributed by atoms with E-state index in [9.17, 15) is 39.2 Å². The van der Waals surface area contributed by atoms with Gasteiger partial charge in [-0.1, -0.05) is 6.07 Å². The van der Waals surface area contributed by atoms with Crippen molar-refractivity contribution < 1.29 is 39.2 Å². The second-order valence-corrected chi connectivity index (χ2v) is 8.94. The van der Waals surface area contributed by atoms with Crippen LogP contribution in [0, 0.1) is 11.8 Å². The minimum atomic E-state index is -2.58. The highest BCUT2D eigenvalue weighted by atomic mass is 19.1. The topological polar surface area (TPSA) is 170 Å². The summed E-state index contributed by atoms with van der Waals surface area (Å²) in [6.07, 6.45) is -0.0967. The summed E-state index contributed by atoms with van der Waals surface area (Å²) in [6.45, 7) is 1.35. The molecule has 4 rings (SSSR count). The van der Waals surface area contributed by atoms with Gasteiger partial charge in [-0.25, -0.2) is 4.39 Å². The monoisotopic (exact) mass is 460 g/mol. The molecule has 0 aromatic heterocycles. The second kappa shape index (κ2) is 7.96. The number of carbonyl (C=O) groups is 3. The van der Waals surface area contributed by atoms with Crippen molar-refractivity contribution in [3.05, 3.63) is 45.7 Å². The van der Waals surface area contributed by atoms with Gasteiger partial charge in [-0.15, -0.1) is 0 Å². The average molecular weight is 460 g/mol. The third-order valence-electron chi connectivity index (χ3n) is 6.92. The first-order valence-corrected chi connectivity index (χ1v) is 10.6. The number of hydrogen-bond acceptors (Lipinski definition) is 8. The molecule has 3 aliphatic carbocycles. The molecule has 0 saturated heterocycles. The Kier molecular flexibility index (Phi) is 5.53. The number of aliphatic hydroxyl groups is 3. The van der Waals surface area contributed by atoms with E-state index in [2.05, 4.69) is 5.32 Å². The fourth-order valence-corrected chi connectivity index (χ4v) is 5.19. The number of nitrogens with one attached hydrogen (secondary N) is 1. The van der Waals surface area contributed by atoms with Crippen LogP contribution >= 0.6 is 0 Å². The van der Waals surface area contributed by atoms with Gasteiger partial charge in [0, 0.05) is 30.5 Å². The second-order valence-electron chi connectivity index (χ2n) is 8.94. The number of aliphatic hydroxyl groups excluding tert-OH is 2. The summed E-state index contributed by atoms with van der Waals surface area (Å²) in [4.78, 5) is 37.4. The van der Waals surface area contributed by atoms with Crippen molar-refractivity contribution in [3.8, 4) is 5.75 Å². The lowest BCUT2D eigenvalue weighted by molar-refractivity contribution is -0.147. The number of primary amides is 1. The van der Waals surface area contributed by atoms with E-state index in [1.165, 1.54) is 6.07 Å². The number of amides is 1. The smallest absolute Gasteiger partial charge is 0.255 e. The standard InChI is InChI=1S/C23H25FN2O7/c1-9(7-24)26-8-10-2-3-14(27)17-13(10)5-11-4-12-6-15(28)18(22(25)32)21(31)23(12,33)20(30)16(11)19(17)29/h2-3,9,11-12,26-27,29,31,33H,4-8H2,1H3,(H2,25,32)/t9?,11-,12+,23+/m1/s1. The first-order chi connectivity index (χ1) is 15.5. The van der Waals surface area contributed by atoms with Crippen molar-refractivity contribution in [2.24, 2.45) is 17.6 Å². The summed E-state index contributed by atoms with van der Waals surface area (Å²) in [7, 11) is 0. The van der Waals surface area contributed by atoms with Gasteiger partial charge in [-0.3, -0.25) is 14.4 Å². The number of phenols is 1. The number of Topliss-reactive ketones (excluding diaryl/α,β-unsaturated/α-hetero) is 2. The molecule has 0 heterocycles. The summed E-state index contributed by atoms with van der Waals surface area (Å²) in [5.41, 5.74) is 2.86. The summed E-state index contributed by atoms with van der Waals surface area (Å²) in [5, 5.41) is 46.2. The SMILES string of the molecule is CC(CF)NCc1ccc(O)c2c1C[C@H]1C[C@H]3CC(=O)C(C(N)=O)=C(O)[C@@]3(O)C(=O)C1=C2O. The summed E-state index contributed by atoms with van der Waals surface area (Å²) in [6, 6.07) is 2.58. The summed E-state index contributed by atoms with van der Waals surface area (Å²) >= 11 is 0. The molecule has 1 saturated carbocycles. The average Bonchev–Trinajstić information content (AvgIpc) is 2.75. The van der Waals surface area contributed by atoms with Crippen LogP contribution in [-0.4, -0.2) is 56.2 Å². The van der Waals surface area contributed by atoms with Crippen LogP contribution in [0.15, 0.2) is 29.0 Å². The molecule has 9 nitrogen and oxygen atoms in total. The van der Waals surface area contributed by atoms with Crippen LogP contribution in [0.4, 0.5) is 4.39 Å². The van der Waals surface area contributed by atoms with E-state index in [0.717, 1.165) is 0 Å². The van der Waals surface area contributed by atoms with Gasteiger partial charge in [0.05, 0.1) is 5.56 Å². The Morgan fingerprint density at radius 2 is 1.97 bits per heavy atom. The van der Waals surface area contributed by atoms with E-state index >= 15 is 0 Å². The molecule has 1 unspecified atom stereocenters. The predicted octanol–water partition coefficient (Wildman–Crippen LogP) is 0.871. The van der Waals surface area contributed by atoms with Crippen LogP contribution in [0.2, 0.25) is 0 Å². The molecular formula is C23H25FN2O7. The van der Waals surface area contributed by atoms with E-state index in [1.807, 2.05) is 0 Å². The van der Waals surface area contributed by atoms with Crippen molar-refractivity contribution in [1.82, 2.24) is 5.32 Å². The van der Waals surface area contributed by atoms with Crippen molar-refractivity contribution in [3.63, 3.8) is 0 Å². The summed E-state index contributed by atoms with van der Waals surface area (Å²) < 4.78 is 12.9. The number of halogens is 1. The molecular weight excluding hydrogens is 435 g/mol. The highest BCUT2D eigenvalue weighted by Gasteiger charge is 2.60. The molecule has 0 bridgehead atoms. The van der Waals surface area contributed by atoms with E-state index in [0.29, 0.717) is 11.1 Å². The van der Waals surface area contributed by atoms with Crippen LogP contribution < -0.4 is 11.1 Å². The third-order valence-corrected chi connectivity index (χ3v) is 6.92. The lowest BCUT2D eigenvalue weighted by Gasteiger charge is -2.46. The van der Waals surface area contributed by atoms with Gasteiger partial charge < -0.3 is 31.5 Å². The van der Waals surface area contributed by atoms with E-state index in [4.69, 9.17) is 5.73 Å². The van der Waals surface area contributed by atoms with E-state index < -0.39 is 64.7 Å². The Bertz CT molecular complexity index is 1140. The highest BCUT2D eigenvalue weighted by Crippen LogP contribution is 2.52. The molecule has 7 N–H and O–H groups in total. The van der Waals surface area contributed by atoms with Gasteiger partial charge in [-0.05, 0) is 42.9 Å². The molecule has 3 aliphatic rings. The largest absolute Gasteiger partial charge is 0.508 e. The Balaban J connectivity index is 1.84. The molecule has 4 atom stereocenters. The van der Waals surface area contributed by atoms with Crippen LogP contribution in [0.3, 0.4) is 0 Å². The molecule has 0 spiro atoms. The number of rotatable bonds is 5. The van der Waals surface area contributed by atoms with E-state index in [1.54, 1.807) is 13.0 Å². The molecule has 1 amide bonds. The van der Waals surface area contributed by atoms with Crippen molar-refractivity contribution in [2.75, 3.05) is 6.67 Å². The number of alkyl halides is 1. The molecule has 0 radical (unpaired) electrons. The first kappa shape index (κ1) is 22.9. The number of phenolic OH excluding ortho intramolecular Hbond substituents is 1. The third kappa shape index (κ3) is 3.32. The van der Waals surface area contributed by atoms with Crippen molar-refractivity contribution >= 4 is 23.2 Å². The van der Waals surface area contributed by atoms with Gasteiger partial charge in [0.25, 0.3) is 5.91 Å². The van der Waals surface area contributed by atoms with Gasteiger partial charge in [0.1, 0.15) is 29.5 Å². The number of ketones is 2. The Labute approximate surface area is 188 Å². The first-order valence-electron chi connectivity index (χ1n) is 10.6. The van der Waals surface area contributed by atoms with Crippen molar-refractivity contribution in [1.29, 1.82) is 0 Å². The minimum Gasteiger partial charge on any atom is -0.508 e. The number of nitrogens with two attached hydrogens (primary N) is 1. The van der Waals surface area contributed by atoms with Gasteiger partial charge in [0.2, 0.25) is 5.78 Å². The number of aromatic hydroxyl groups is 1. The fraction of sp³-hybridized carbons (Fsp3) is 0.435. The Morgan fingerprint density at radius 1 is 1.27 bits per heavy atom. The van der Waals surface area contributed by atoms with E-state index in [-0.39, 0.29) is 42.7 Å². The zero-order valence-corrected chi connectivity index (χ0v) is 17.9. The lowest BCUT2D eigenvalue weighted by Crippen LogP contribution is -2.58. The molecule has 0 aliphatic heterocycles. The summed E-state index contributed by atoms with van der Waals surface area (Å²) in [5.74, 6) is -6.62. The zero-order chi connectivity index (χ0) is 24.2. The number of fused-ring (bicyclic) bond motifs is 3. The maximum atomic E-state index is 13.4. The van der Waals surface area contributed by atoms with Crippen LogP contribution in [0.25, 0.3) is 5.76 Å². The van der Waals surface area contributed by atoms with Gasteiger partial charge >= 0.3 is 0 Å². The Morgan fingerprint density at radius 3 is 2.61 bits per heavy atom. The number of benzene rings is 1. The highest BCUT2D eigenvalue weighted by molar-refractivity contribution is 6.22. The quantitative estimate of drug-likeness (QED) is 0.352. The van der Waals surface area contributed by atoms with Gasteiger partial charge in [-0.2, -0.15) is 0 Å². The van der Waals surface area contributed by atoms with Crippen LogP contribution in [-0.2, 0) is 27.3 Å². The van der Waals surface area contributed by atoms with Crippen LogP contribution in [0.1, 0.15) is 36.5 Å². The maximum absolute atomic E-state index is 13.4. The fourth-order valence-electron chi connectivity index (χ4n) is 5.19. The molecule has 1 aromatic rings. The predicted molar refractivity (Wildman–Crippen MR) is 114 cm³/mol.